The number of imide groups is 1. The van der Waals surface area contributed by atoms with Crippen LogP contribution in [0.15, 0.2) is 48.5 Å². The van der Waals surface area contributed by atoms with Crippen molar-refractivity contribution in [3.63, 3.8) is 0 Å². The van der Waals surface area contributed by atoms with Crippen LogP contribution in [0.25, 0.3) is 0 Å². The van der Waals surface area contributed by atoms with E-state index in [1.165, 1.54) is 0 Å². The van der Waals surface area contributed by atoms with Gasteiger partial charge in [0, 0.05) is 5.69 Å². The van der Waals surface area contributed by atoms with Gasteiger partial charge in [-0.25, -0.2) is 4.79 Å². The summed E-state index contributed by atoms with van der Waals surface area (Å²) >= 11 is 5.96. The fourth-order valence-corrected chi connectivity index (χ4v) is 2.98. The number of anilines is 1. The zero-order valence-electron chi connectivity index (χ0n) is 14.8. The van der Waals surface area contributed by atoms with Gasteiger partial charge in [-0.15, -0.1) is 0 Å². The molecule has 1 fully saturated rings. The van der Waals surface area contributed by atoms with Gasteiger partial charge in [0.25, 0.3) is 11.8 Å². The third kappa shape index (κ3) is 3.96. The number of urea groups is 1. The van der Waals surface area contributed by atoms with Gasteiger partial charge in [0.1, 0.15) is 5.54 Å². The van der Waals surface area contributed by atoms with Gasteiger partial charge in [-0.05, 0) is 36.8 Å². The lowest BCUT2D eigenvalue weighted by molar-refractivity contribution is -0.123. The van der Waals surface area contributed by atoms with Crippen LogP contribution < -0.4 is 21.3 Å². The highest BCUT2D eigenvalue weighted by atomic mass is 35.5. The summed E-state index contributed by atoms with van der Waals surface area (Å²) in [5.41, 5.74) is -0.0240. The molecule has 0 bridgehead atoms. The average Bonchev–Trinajstić information content (AvgIpc) is 2.93. The highest BCUT2D eigenvalue weighted by Crippen LogP contribution is 2.26. The fourth-order valence-electron chi connectivity index (χ4n) is 2.76. The van der Waals surface area contributed by atoms with Crippen LogP contribution in [-0.4, -0.2) is 30.3 Å². The number of benzene rings is 2. The molecule has 0 saturated carbocycles. The van der Waals surface area contributed by atoms with E-state index in [1.54, 1.807) is 55.5 Å². The highest BCUT2D eigenvalue weighted by Gasteiger charge is 2.43. The van der Waals surface area contributed by atoms with Crippen molar-refractivity contribution in [2.75, 3.05) is 11.9 Å². The van der Waals surface area contributed by atoms with Crippen LogP contribution in [0.4, 0.5) is 10.5 Å². The first-order chi connectivity index (χ1) is 13.3. The molecule has 1 unspecified atom stereocenters. The van der Waals surface area contributed by atoms with E-state index < -0.39 is 29.3 Å². The molecule has 1 aliphatic rings. The Morgan fingerprint density at radius 3 is 2.54 bits per heavy atom. The maximum Gasteiger partial charge on any atom is 0.322 e. The second kappa shape index (κ2) is 7.69. The maximum atomic E-state index is 12.2. The van der Waals surface area contributed by atoms with Crippen molar-refractivity contribution in [3.05, 3.63) is 64.7 Å². The standard InChI is InChI=1S/C19H17ClN4O4/c1-19(17(27)23-18(28)24-19)11-5-4-6-12(9-11)22-15(25)10-21-16(26)13-7-2-3-8-14(13)20/h2-9H,10H2,1H3,(H,21,26)(H,22,25)(H2,23,24,27,28). The SMILES string of the molecule is CC1(c2cccc(NC(=O)CNC(=O)c3ccccc3Cl)c2)NC(=O)NC1=O. The predicted octanol–water partition coefficient (Wildman–Crippen LogP) is 1.76. The van der Waals surface area contributed by atoms with Crippen LogP contribution in [0.1, 0.15) is 22.8 Å². The van der Waals surface area contributed by atoms with Gasteiger partial charge in [-0.3, -0.25) is 19.7 Å². The number of halogens is 1. The quantitative estimate of drug-likeness (QED) is 0.572. The summed E-state index contributed by atoms with van der Waals surface area (Å²) in [6, 6.07) is 12.5. The molecule has 4 N–H and O–H groups in total. The van der Waals surface area contributed by atoms with E-state index in [0.29, 0.717) is 16.3 Å². The molecule has 144 valence electrons. The summed E-state index contributed by atoms with van der Waals surface area (Å²) < 4.78 is 0. The summed E-state index contributed by atoms with van der Waals surface area (Å²) in [5.74, 6) is -1.40. The van der Waals surface area contributed by atoms with Crippen molar-refractivity contribution in [1.82, 2.24) is 16.0 Å². The number of hydrogen-bond acceptors (Lipinski definition) is 4. The minimum atomic E-state index is -1.23. The molecule has 0 spiro atoms. The molecule has 0 aliphatic carbocycles. The Kier molecular flexibility index (Phi) is 5.32. The molecule has 0 radical (unpaired) electrons. The Morgan fingerprint density at radius 1 is 1.11 bits per heavy atom. The summed E-state index contributed by atoms with van der Waals surface area (Å²) in [5, 5.41) is 10.2. The van der Waals surface area contributed by atoms with Gasteiger partial charge in [-0.2, -0.15) is 0 Å². The van der Waals surface area contributed by atoms with E-state index in [4.69, 9.17) is 11.6 Å². The number of nitrogens with one attached hydrogen (secondary N) is 4. The molecule has 1 atom stereocenters. The first-order valence-corrected chi connectivity index (χ1v) is 8.74. The van der Waals surface area contributed by atoms with Crippen LogP contribution in [0.3, 0.4) is 0 Å². The average molecular weight is 401 g/mol. The fraction of sp³-hybridized carbons (Fsp3) is 0.158. The Bertz CT molecular complexity index is 978. The second-order valence-electron chi connectivity index (χ2n) is 6.32. The molecule has 1 aliphatic heterocycles. The molecular weight excluding hydrogens is 384 g/mol. The molecule has 28 heavy (non-hydrogen) atoms. The topological polar surface area (TPSA) is 116 Å². The molecule has 2 aromatic rings. The van der Waals surface area contributed by atoms with Gasteiger partial charge >= 0.3 is 6.03 Å². The molecule has 5 amide bonds. The molecule has 8 nitrogen and oxygen atoms in total. The normalized spacial score (nSPS) is 18.2. The molecular formula is C19H17ClN4O4. The summed E-state index contributed by atoms with van der Waals surface area (Å²) in [4.78, 5) is 47.7. The van der Waals surface area contributed by atoms with E-state index in [1.807, 2.05) is 0 Å². The lowest BCUT2D eigenvalue weighted by atomic mass is 9.92. The Hall–Kier alpha value is -3.39. The van der Waals surface area contributed by atoms with E-state index in [2.05, 4.69) is 21.3 Å². The Morgan fingerprint density at radius 2 is 1.86 bits per heavy atom. The van der Waals surface area contributed by atoms with Crippen molar-refractivity contribution < 1.29 is 19.2 Å². The molecule has 3 rings (SSSR count). The van der Waals surface area contributed by atoms with Crippen molar-refractivity contribution in [2.45, 2.75) is 12.5 Å². The maximum absolute atomic E-state index is 12.2. The smallest absolute Gasteiger partial charge is 0.322 e. The van der Waals surface area contributed by atoms with E-state index >= 15 is 0 Å². The molecule has 1 heterocycles. The largest absolute Gasteiger partial charge is 0.343 e. The minimum absolute atomic E-state index is 0.261. The monoisotopic (exact) mass is 400 g/mol. The van der Waals surface area contributed by atoms with E-state index in [9.17, 15) is 19.2 Å². The first kappa shape index (κ1) is 19.4. The Labute approximate surface area is 165 Å². The predicted molar refractivity (Wildman–Crippen MR) is 103 cm³/mol. The Balaban J connectivity index is 1.64. The second-order valence-corrected chi connectivity index (χ2v) is 6.73. The van der Waals surface area contributed by atoms with Crippen LogP contribution >= 0.6 is 11.6 Å². The zero-order valence-corrected chi connectivity index (χ0v) is 15.6. The van der Waals surface area contributed by atoms with Crippen LogP contribution in [0.2, 0.25) is 5.02 Å². The molecule has 2 aromatic carbocycles. The van der Waals surface area contributed by atoms with Crippen molar-refractivity contribution in [2.24, 2.45) is 0 Å². The first-order valence-electron chi connectivity index (χ1n) is 8.36. The van der Waals surface area contributed by atoms with Gasteiger partial charge in [0.05, 0.1) is 17.1 Å². The van der Waals surface area contributed by atoms with Gasteiger partial charge in [0.15, 0.2) is 0 Å². The van der Waals surface area contributed by atoms with Gasteiger partial charge < -0.3 is 16.0 Å². The highest BCUT2D eigenvalue weighted by molar-refractivity contribution is 6.33. The lowest BCUT2D eigenvalue weighted by Gasteiger charge is -2.21. The summed E-state index contributed by atoms with van der Waals surface area (Å²) in [7, 11) is 0. The number of carbonyl (C=O) groups excluding carboxylic acids is 4. The van der Waals surface area contributed by atoms with Crippen molar-refractivity contribution in [1.29, 1.82) is 0 Å². The molecule has 0 aromatic heterocycles. The molecule has 9 heteroatoms. The number of rotatable bonds is 5. The molecule has 1 saturated heterocycles. The van der Waals surface area contributed by atoms with Crippen LogP contribution in [-0.2, 0) is 15.1 Å². The van der Waals surface area contributed by atoms with Crippen LogP contribution in [0.5, 0.6) is 0 Å². The van der Waals surface area contributed by atoms with E-state index in [-0.39, 0.29) is 12.1 Å². The summed E-state index contributed by atoms with van der Waals surface area (Å²) in [6.45, 7) is 1.31. The van der Waals surface area contributed by atoms with Crippen LogP contribution in [0, 0.1) is 0 Å². The lowest BCUT2D eigenvalue weighted by Crippen LogP contribution is -2.40. The number of hydrogen-bond donors (Lipinski definition) is 4. The number of amides is 5. The third-order valence-electron chi connectivity index (χ3n) is 4.30. The van der Waals surface area contributed by atoms with Crippen molar-refractivity contribution >= 4 is 41.0 Å². The van der Waals surface area contributed by atoms with Crippen molar-refractivity contribution in [3.8, 4) is 0 Å². The van der Waals surface area contributed by atoms with Gasteiger partial charge in [0.2, 0.25) is 5.91 Å². The van der Waals surface area contributed by atoms with E-state index in [0.717, 1.165) is 0 Å². The zero-order chi connectivity index (χ0) is 20.3. The number of carbonyl (C=O) groups is 4. The third-order valence-corrected chi connectivity index (χ3v) is 4.63. The minimum Gasteiger partial charge on any atom is -0.343 e. The van der Waals surface area contributed by atoms with Gasteiger partial charge in [-0.1, -0.05) is 35.9 Å². The summed E-state index contributed by atoms with van der Waals surface area (Å²) in [6.07, 6.45) is 0.